The summed E-state index contributed by atoms with van der Waals surface area (Å²) in [6.45, 7) is 2.13. The van der Waals surface area contributed by atoms with Crippen molar-refractivity contribution in [1.82, 2.24) is 19.9 Å². The van der Waals surface area contributed by atoms with Crippen LogP contribution in [0.4, 0.5) is 11.8 Å². The fourth-order valence-electron chi connectivity index (χ4n) is 4.70. The zero-order valence-electron chi connectivity index (χ0n) is 19.1. The van der Waals surface area contributed by atoms with Crippen molar-refractivity contribution >= 4 is 28.1 Å². The largest absolute Gasteiger partial charge is 0.376 e. The van der Waals surface area contributed by atoms with E-state index < -0.39 is 10.8 Å². The number of nitrogens with zero attached hydrogens (tertiary/aromatic N) is 5. The van der Waals surface area contributed by atoms with Crippen LogP contribution < -0.4 is 10.2 Å². The first-order valence-corrected chi connectivity index (χ1v) is 13.4. The van der Waals surface area contributed by atoms with Crippen molar-refractivity contribution in [2.75, 3.05) is 35.7 Å². The molecular weight excluding hydrogens is 448 g/mol. The maximum atomic E-state index is 12.8. The number of aryl methyl sites for hydroxylation is 1. The lowest BCUT2D eigenvalue weighted by atomic mass is 9.77. The molecule has 0 spiro atoms. The van der Waals surface area contributed by atoms with E-state index in [9.17, 15) is 4.21 Å². The van der Waals surface area contributed by atoms with Crippen molar-refractivity contribution in [2.24, 2.45) is 0 Å². The normalized spacial score (nSPS) is 23.0. The number of hydrogen-bond acceptors (Lipinski definition) is 8. The van der Waals surface area contributed by atoms with Crippen molar-refractivity contribution in [2.45, 2.75) is 61.5 Å². The van der Waals surface area contributed by atoms with E-state index in [4.69, 9.17) is 21.1 Å². The minimum atomic E-state index is -1.06. The molecule has 2 aliphatic heterocycles. The Labute approximate surface area is 202 Å². The molecular formula is C25H28N6O2S. The predicted molar refractivity (Wildman–Crippen MR) is 131 cm³/mol. The Hall–Kier alpha value is -2.83. The number of hydrogen-bond donors (Lipinski definition) is 1. The molecule has 1 atom stereocenters. The van der Waals surface area contributed by atoms with E-state index in [1.165, 1.54) is 6.42 Å². The van der Waals surface area contributed by atoms with Gasteiger partial charge < -0.3 is 15.0 Å². The Kier molecular flexibility index (Phi) is 5.58. The van der Waals surface area contributed by atoms with E-state index in [0.29, 0.717) is 42.3 Å². The Morgan fingerprint density at radius 2 is 2.06 bits per heavy atom. The molecule has 0 amide bonds. The maximum Gasteiger partial charge on any atom is 0.227 e. The van der Waals surface area contributed by atoms with E-state index in [1.54, 1.807) is 12.4 Å². The zero-order valence-corrected chi connectivity index (χ0v) is 19.9. The van der Waals surface area contributed by atoms with Gasteiger partial charge in [-0.1, -0.05) is 12.0 Å². The van der Waals surface area contributed by atoms with Crippen LogP contribution in [-0.4, -0.2) is 61.2 Å². The molecule has 0 aromatic carbocycles. The predicted octanol–water partition coefficient (Wildman–Crippen LogP) is 2.72. The number of fused-ring (bicyclic) bond motifs is 1. The van der Waals surface area contributed by atoms with Crippen molar-refractivity contribution < 1.29 is 8.95 Å². The molecule has 0 saturated heterocycles. The smallest absolute Gasteiger partial charge is 0.227 e. The zero-order chi connectivity index (χ0) is 23.1. The van der Waals surface area contributed by atoms with Crippen molar-refractivity contribution in [1.29, 1.82) is 0 Å². The average molecular weight is 477 g/mol. The summed E-state index contributed by atoms with van der Waals surface area (Å²) in [5.74, 6) is 5.31. The second kappa shape index (κ2) is 8.75. The van der Waals surface area contributed by atoms with Crippen LogP contribution in [0.2, 0.25) is 0 Å². The SMILES string of the molecule is C#Cc1cnc(C2=CCN(c3nc4c(c(NC5(COC6CC6)CCC5)n3)[S@@](=O)CC4)CC2)nc1. The van der Waals surface area contributed by atoms with Crippen LogP contribution in [0.3, 0.4) is 0 Å². The van der Waals surface area contributed by atoms with Crippen LogP contribution in [0.5, 0.6) is 0 Å². The Morgan fingerprint density at radius 3 is 2.71 bits per heavy atom. The van der Waals surface area contributed by atoms with Crippen molar-refractivity contribution in [3.63, 3.8) is 0 Å². The fraction of sp³-hybridized carbons (Fsp3) is 0.520. The third-order valence-corrected chi connectivity index (χ3v) is 8.55. The highest BCUT2D eigenvalue weighted by Gasteiger charge is 2.41. The highest BCUT2D eigenvalue weighted by molar-refractivity contribution is 7.85. The first kappa shape index (κ1) is 21.7. The molecule has 8 nitrogen and oxygen atoms in total. The molecule has 2 aromatic heterocycles. The summed E-state index contributed by atoms with van der Waals surface area (Å²) in [4.78, 5) is 21.5. The van der Waals surface area contributed by atoms with Gasteiger partial charge in [-0.2, -0.15) is 4.98 Å². The van der Waals surface area contributed by atoms with Gasteiger partial charge in [0.05, 0.1) is 40.3 Å². The molecule has 176 valence electrons. The second-order valence-corrected chi connectivity index (χ2v) is 11.1. The van der Waals surface area contributed by atoms with E-state index in [-0.39, 0.29) is 5.54 Å². The van der Waals surface area contributed by atoms with Gasteiger partial charge in [-0.05, 0) is 44.1 Å². The standard InChI is InChI=1S/C25H28N6O2S/c1-2-17-14-26-22(27-15-17)18-6-11-31(12-7-18)24-28-20-8-13-34(32)21(20)23(29-24)30-25(9-3-10-25)16-33-19-4-5-19/h1,6,14-15,19H,3-5,7-13,16H2,(H,28,29,30)/t34-/m0/s1. The van der Waals surface area contributed by atoms with Gasteiger partial charge >= 0.3 is 0 Å². The third-order valence-electron chi connectivity index (χ3n) is 7.09. The first-order chi connectivity index (χ1) is 16.6. The summed E-state index contributed by atoms with van der Waals surface area (Å²) in [5.41, 5.74) is 2.58. The van der Waals surface area contributed by atoms with Gasteiger partial charge in [-0.3, -0.25) is 4.21 Å². The molecule has 2 saturated carbocycles. The first-order valence-electron chi connectivity index (χ1n) is 12.0. The van der Waals surface area contributed by atoms with Crippen LogP contribution in [0.1, 0.15) is 55.6 Å². The molecule has 0 radical (unpaired) electrons. The molecule has 1 N–H and O–H groups in total. The number of aromatic nitrogens is 4. The van der Waals surface area contributed by atoms with Crippen LogP contribution in [0.15, 0.2) is 23.4 Å². The molecule has 34 heavy (non-hydrogen) atoms. The molecule has 0 unspecified atom stereocenters. The number of anilines is 2. The lowest BCUT2D eigenvalue weighted by Gasteiger charge is -2.43. The minimum Gasteiger partial charge on any atom is -0.376 e. The van der Waals surface area contributed by atoms with E-state index >= 15 is 0 Å². The van der Waals surface area contributed by atoms with E-state index in [0.717, 1.165) is 67.1 Å². The summed E-state index contributed by atoms with van der Waals surface area (Å²) in [7, 11) is -1.06. The Bertz CT molecular complexity index is 1200. The van der Waals surface area contributed by atoms with Gasteiger partial charge in [0.25, 0.3) is 0 Å². The highest BCUT2D eigenvalue weighted by atomic mass is 32.2. The highest BCUT2D eigenvalue weighted by Crippen LogP contribution is 2.40. The molecule has 9 heteroatoms. The summed E-state index contributed by atoms with van der Waals surface area (Å²) >= 11 is 0. The molecule has 2 aliphatic carbocycles. The van der Waals surface area contributed by atoms with Gasteiger partial charge in [0.1, 0.15) is 10.7 Å². The minimum absolute atomic E-state index is 0.106. The van der Waals surface area contributed by atoms with Gasteiger partial charge in [-0.15, -0.1) is 6.42 Å². The summed E-state index contributed by atoms with van der Waals surface area (Å²) in [6.07, 6.45) is 18.4. The summed E-state index contributed by atoms with van der Waals surface area (Å²) in [6, 6.07) is 0. The second-order valence-electron chi connectivity index (χ2n) is 9.58. The molecule has 4 aliphatic rings. The number of ether oxygens (including phenoxy) is 1. The average Bonchev–Trinajstić information content (AvgIpc) is 3.61. The molecule has 0 bridgehead atoms. The lowest BCUT2D eigenvalue weighted by Crippen LogP contribution is -2.49. The number of nitrogens with one attached hydrogen (secondary N) is 1. The van der Waals surface area contributed by atoms with Crippen LogP contribution in [-0.2, 0) is 22.0 Å². The van der Waals surface area contributed by atoms with Crippen LogP contribution >= 0.6 is 0 Å². The lowest BCUT2D eigenvalue weighted by molar-refractivity contribution is 0.0496. The molecule has 6 rings (SSSR count). The fourth-order valence-corrected chi connectivity index (χ4v) is 6.01. The van der Waals surface area contributed by atoms with Gasteiger partial charge in [0.15, 0.2) is 5.82 Å². The quantitative estimate of drug-likeness (QED) is 0.610. The van der Waals surface area contributed by atoms with Gasteiger partial charge in [-0.25, -0.2) is 15.0 Å². The monoisotopic (exact) mass is 476 g/mol. The number of terminal acetylenes is 1. The van der Waals surface area contributed by atoms with Crippen LogP contribution in [0, 0.1) is 12.3 Å². The number of rotatable bonds is 7. The van der Waals surface area contributed by atoms with Crippen molar-refractivity contribution in [3.8, 4) is 12.3 Å². The summed E-state index contributed by atoms with van der Waals surface area (Å²) < 4.78 is 18.9. The molecule has 4 heterocycles. The van der Waals surface area contributed by atoms with Crippen LogP contribution in [0.25, 0.3) is 5.57 Å². The Morgan fingerprint density at radius 1 is 1.24 bits per heavy atom. The maximum absolute atomic E-state index is 12.8. The molecule has 2 aromatic rings. The topological polar surface area (TPSA) is 93.1 Å². The summed E-state index contributed by atoms with van der Waals surface area (Å²) in [5, 5.41) is 3.68. The van der Waals surface area contributed by atoms with Gasteiger partial charge in [0.2, 0.25) is 5.95 Å². The van der Waals surface area contributed by atoms with Crippen molar-refractivity contribution in [3.05, 3.63) is 35.6 Å². The van der Waals surface area contributed by atoms with Gasteiger partial charge in [0, 0.05) is 37.7 Å². The third kappa shape index (κ3) is 4.21. The molecule has 2 fully saturated rings. The van der Waals surface area contributed by atoms with E-state index in [1.807, 2.05) is 0 Å². The Balaban J connectivity index is 1.24. The van der Waals surface area contributed by atoms with E-state index in [2.05, 4.69) is 32.2 Å².